The van der Waals surface area contributed by atoms with Gasteiger partial charge in [-0.15, -0.1) is 0 Å². The van der Waals surface area contributed by atoms with Crippen LogP contribution < -0.4 is 9.47 Å². The smallest absolute Gasteiger partial charge is 0.267 e. The Labute approximate surface area is 134 Å². The van der Waals surface area contributed by atoms with Crippen LogP contribution in [0, 0.1) is 6.92 Å². The zero-order chi connectivity index (χ0) is 16.2. The SMILES string of the molecule is COc1ccc(OC(C)c2nc(-c3cccc(C)c3)no2)cc1. The molecule has 0 radical (unpaired) electrons. The van der Waals surface area contributed by atoms with Crippen molar-refractivity contribution in [1.82, 2.24) is 10.1 Å². The molecule has 0 saturated carbocycles. The quantitative estimate of drug-likeness (QED) is 0.707. The molecule has 1 heterocycles. The molecule has 0 aliphatic rings. The maximum atomic E-state index is 5.82. The first-order valence-corrected chi connectivity index (χ1v) is 7.37. The Kier molecular flexibility index (Phi) is 4.28. The van der Waals surface area contributed by atoms with Gasteiger partial charge in [-0.3, -0.25) is 0 Å². The fourth-order valence-corrected chi connectivity index (χ4v) is 2.21. The van der Waals surface area contributed by atoms with Gasteiger partial charge in [-0.05, 0) is 44.2 Å². The summed E-state index contributed by atoms with van der Waals surface area (Å²) in [5, 5.41) is 4.03. The summed E-state index contributed by atoms with van der Waals surface area (Å²) in [5.41, 5.74) is 2.08. The molecule has 1 atom stereocenters. The molecule has 3 rings (SSSR count). The highest BCUT2D eigenvalue weighted by Gasteiger charge is 2.17. The van der Waals surface area contributed by atoms with E-state index in [1.807, 2.05) is 62.4 Å². The second-order valence-electron chi connectivity index (χ2n) is 5.26. The zero-order valence-corrected chi connectivity index (χ0v) is 13.3. The third kappa shape index (κ3) is 3.51. The number of nitrogens with zero attached hydrogens (tertiary/aromatic N) is 2. The lowest BCUT2D eigenvalue weighted by molar-refractivity contribution is 0.175. The van der Waals surface area contributed by atoms with E-state index in [9.17, 15) is 0 Å². The average Bonchev–Trinajstić information content (AvgIpc) is 3.06. The Bertz CT molecular complexity index is 781. The van der Waals surface area contributed by atoms with E-state index >= 15 is 0 Å². The fourth-order valence-electron chi connectivity index (χ4n) is 2.21. The number of hydrogen-bond acceptors (Lipinski definition) is 5. The molecular formula is C18H18N2O3. The molecule has 0 saturated heterocycles. The van der Waals surface area contributed by atoms with E-state index in [1.54, 1.807) is 7.11 Å². The number of hydrogen-bond donors (Lipinski definition) is 0. The minimum absolute atomic E-state index is 0.338. The molecule has 5 heteroatoms. The van der Waals surface area contributed by atoms with Crippen LogP contribution in [0.15, 0.2) is 53.1 Å². The van der Waals surface area contributed by atoms with Crippen molar-refractivity contribution in [1.29, 1.82) is 0 Å². The van der Waals surface area contributed by atoms with Gasteiger partial charge in [-0.2, -0.15) is 4.98 Å². The summed E-state index contributed by atoms with van der Waals surface area (Å²) in [7, 11) is 1.63. The monoisotopic (exact) mass is 310 g/mol. The molecule has 0 fully saturated rings. The van der Waals surface area contributed by atoms with Crippen LogP contribution in [0.1, 0.15) is 24.5 Å². The van der Waals surface area contributed by atoms with Gasteiger partial charge in [0.05, 0.1) is 7.11 Å². The van der Waals surface area contributed by atoms with Gasteiger partial charge in [-0.25, -0.2) is 0 Å². The first-order valence-electron chi connectivity index (χ1n) is 7.37. The summed E-state index contributed by atoms with van der Waals surface area (Å²) in [4.78, 5) is 4.42. The van der Waals surface area contributed by atoms with Crippen LogP contribution in [0.4, 0.5) is 0 Å². The summed E-state index contributed by atoms with van der Waals surface area (Å²) in [6.45, 7) is 3.90. The van der Waals surface area contributed by atoms with Crippen molar-refractivity contribution in [2.24, 2.45) is 0 Å². The predicted octanol–water partition coefficient (Wildman–Crippen LogP) is 4.19. The molecule has 0 aliphatic heterocycles. The summed E-state index contributed by atoms with van der Waals surface area (Å²) in [6.07, 6.45) is -0.338. The second kappa shape index (κ2) is 6.52. The van der Waals surface area contributed by atoms with Crippen LogP contribution >= 0.6 is 0 Å². The fraction of sp³-hybridized carbons (Fsp3) is 0.222. The lowest BCUT2D eigenvalue weighted by atomic mass is 10.1. The molecule has 1 aromatic heterocycles. The highest BCUT2D eigenvalue weighted by atomic mass is 16.5. The summed E-state index contributed by atoms with van der Waals surface area (Å²) >= 11 is 0. The van der Waals surface area contributed by atoms with Crippen LogP contribution in [0.5, 0.6) is 11.5 Å². The number of rotatable bonds is 5. The molecule has 0 amide bonds. The Morgan fingerprint density at radius 2 is 1.78 bits per heavy atom. The number of aromatic nitrogens is 2. The molecule has 118 valence electrons. The van der Waals surface area contributed by atoms with Gasteiger partial charge in [0.25, 0.3) is 5.89 Å². The van der Waals surface area contributed by atoms with Crippen LogP contribution in [-0.2, 0) is 0 Å². The molecule has 5 nitrogen and oxygen atoms in total. The van der Waals surface area contributed by atoms with E-state index in [4.69, 9.17) is 14.0 Å². The minimum Gasteiger partial charge on any atom is -0.497 e. The topological polar surface area (TPSA) is 57.4 Å². The summed E-state index contributed by atoms with van der Waals surface area (Å²) in [6, 6.07) is 15.3. The van der Waals surface area contributed by atoms with Crippen molar-refractivity contribution in [3.8, 4) is 22.9 Å². The van der Waals surface area contributed by atoms with Gasteiger partial charge >= 0.3 is 0 Å². The van der Waals surface area contributed by atoms with Gasteiger partial charge in [0.2, 0.25) is 5.82 Å². The van der Waals surface area contributed by atoms with Crippen molar-refractivity contribution in [3.05, 3.63) is 60.0 Å². The number of benzene rings is 2. The standard InChI is InChI=1S/C18H18N2O3/c1-12-5-4-6-14(11-12)17-19-18(23-20-17)13(2)22-16-9-7-15(21-3)8-10-16/h4-11,13H,1-3H3. The average molecular weight is 310 g/mol. The molecule has 0 bridgehead atoms. The van der Waals surface area contributed by atoms with Crippen LogP contribution in [0.3, 0.4) is 0 Å². The maximum absolute atomic E-state index is 5.82. The maximum Gasteiger partial charge on any atom is 0.267 e. The molecule has 0 spiro atoms. The van der Waals surface area contributed by atoms with E-state index in [1.165, 1.54) is 0 Å². The minimum atomic E-state index is -0.338. The highest BCUT2D eigenvalue weighted by Crippen LogP contribution is 2.25. The van der Waals surface area contributed by atoms with E-state index in [-0.39, 0.29) is 6.10 Å². The van der Waals surface area contributed by atoms with Crippen LogP contribution in [0.2, 0.25) is 0 Å². The van der Waals surface area contributed by atoms with Gasteiger partial charge in [0.1, 0.15) is 11.5 Å². The van der Waals surface area contributed by atoms with E-state index in [0.29, 0.717) is 17.5 Å². The summed E-state index contributed by atoms with van der Waals surface area (Å²) in [5.74, 6) is 2.50. The Hall–Kier alpha value is -2.82. The largest absolute Gasteiger partial charge is 0.497 e. The first kappa shape index (κ1) is 15.1. The lowest BCUT2D eigenvalue weighted by Gasteiger charge is -2.10. The van der Waals surface area contributed by atoms with Crippen molar-refractivity contribution in [2.45, 2.75) is 20.0 Å². The van der Waals surface area contributed by atoms with Gasteiger partial charge in [0.15, 0.2) is 6.10 Å². The molecule has 2 aromatic carbocycles. The molecule has 3 aromatic rings. The Morgan fingerprint density at radius 1 is 1.04 bits per heavy atom. The Balaban J connectivity index is 1.74. The second-order valence-corrected chi connectivity index (χ2v) is 5.26. The van der Waals surface area contributed by atoms with Crippen molar-refractivity contribution in [3.63, 3.8) is 0 Å². The van der Waals surface area contributed by atoms with Gasteiger partial charge < -0.3 is 14.0 Å². The molecular weight excluding hydrogens is 292 g/mol. The van der Waals surface area contributed by atoms with Crippen LogP contribution in [-0.4, -0.2) is 17.3 Å². The normalized spacial score (nSPS) is 12.0. The zero-order valence-electron chi connectivity index (χ0n) is 13.3. The van der Waals surface area contributed by atoms with Crippen molar-refractivity contribution < 1.29 is 14.0 Å². The number of methoxy groups -OCH3 is 1. The molecule has 0 aliphatic carbocycles. The van der Waals surface area contributed by atoms with E-state index in [2.05, 4.69) is 10.1 Å². The third-order valence-corrected chi connectivity index (χ3v) is 3.44. The van der Waals surface area contributed by atoms with E-state index in [0.717, 1.165) is 16.9 Å². The highest BCUT2D eigenvalue weighted by molar-refractivity contribution is 5.55. The van der Waals surface area contributed by atoms with E-state index < -0.39 is 0 Å². The third-order valence-electron chi connectivity index (χ3n) is 3.44. The molecule has 0 N–H and O–H groups in total. The van der Waals surface area contributed by atoms with Gasteiger partial charge in [0, 0.05) is 5.56 Å². The molecule has 1 unspecified atom stereocenters. The van der Waals surface area contributed by atoms with Gasteiger partial charge in [-0.1, -0.05) is 28.9 Å². The van der Waals surface area contributed by atoms with Crippen molar-refractivity contribution in [2.75, 3.05) is 7.11 Å². The lowest BCUT2D eigenvalue weighted by Crippen LogP contribution is -2.03. The summed E-state index contributed by atoms with van der Waals surface area (Å²) < 4.78 is 16.3. The Morgan fingerprint density at radius 3 is 2.48 bits per heavy atom. The predicted molar refractivity (Wildman–Crippen MR) is 86.5 cm³/mol. The molecule has 23 heavy (non-hydrogen) atoms. The van der Waals surface area contributed by atoms with Crippen molar-refractivity contribution >= 4 is 0 Å². The van der Waals surface area contributed by atoms with Crippen LogP contribution in [0.25, 0.3) is 11.4 Å². The number of ether oxygens (including phenoxy) is 2. The number of aryl methyl sites for hydroxylation is 1. The first-order chi connectivity index (χ1) is 11.2.